The minimum atomic E-state index is -1.01. The van der Waals surface area contributed by atoms with E-state index in [4.69, 9.17) is 0 Å². The van der Waals surface area contributed by atoms with Crippen molar-refractivity contribution in [2.24, 2.45) is 0 Å². The number of aromatic amines is 1. The van der Waals surface area contributed by atoms with Gasteiger partial charge in [0.1, 0.15) is 11.7 Å². The summed E-state index contributed by atoms with van der Waals surface area (Å²) in [4.78, 5) is 25.7. The second-order valence-electron chi connectivity index (χ2n) is 5.50. The van der Waals surface area contributed by atoms with Crippen LogP contribution in [0, 0.1) is 0 Å². The fourth-order valence-corrected chi connectivity index (χ4v) is 3.38. The lowest BCUT2D eigenvalue weighted by Crippen LogP contribution is -2.48. The lowest BCUT2D eigenvalue weighted by atomic mass is 9.93. The van der Waals surface area contributed by atoms with Crippen LogP contribution in [-0.2, 0) is 24.2 Å². The topological polar surface area (TPSA) is 86.3 Å². The molecule has 1 aromatic carbocycles. The average Bonchev–Trinajstić information content (AvgIpc) is 3.02. The Kier molecular flexibility index (Phi) is 4.21. The first-order valence-electron chi connectivity index (χ1n) is 7.35. The van der Waals surface area contributed by atoms with E-state index >= 15 is 0 Å². The van der Waals surface area contributed by atoms with Gasteiger partial charge in [-0.05, 0) is 29.7 Å². The van der Waals surface area contributed by atoms with Gasteiger partial charge in [0, 0.05) is 23.1 Å². The quantitative estimate of drug-likeness (QED) is 0.859. The molecule has 1 unspecified atom stereocenters. The van der Waals surface area contributed by atoms with Crippen LogP contribution in [-0.4, -0.2) is 38.1 Å². The number of aliphatic carboxylic acids is 1. The molecule has 0 saturated heterocycles. The van der Waals surface area contributed by atoms with Crippen molar-refractivity contribution >= 4 is 27.8 Å². The second-order valence-corrected chi connectivity index (χ2v) is 6.36. The van der Waals surface area contributed by atoms with Crippen molar-refractivity contribution in [3.63, 3.8) is 0 Å². The first kappa shape index (κ1) is 15.7. The van der Waals surface area contributed by atoms with Gasteiger partial charge in [-0.25, -0.2) is 4.79 Å². The summed E-state index contributed by atoms with van der Waals surface area (Å²) in [5, 5.41) is 16.3. The van der Waals surface area contributed by atoms with Crippen molar-refractivity contribution in [1.29, 1.82) is 0 Å². The summed E-state index contributed by atoms with van der Waals surface area (Å²) < 4.78 is 0.876. The van der Waals surface area contributed by atoms with E-state index in [1.807, 2.05) is 25.1 Å². The van der Waals surface area contributed by atoms with Crippen LogP contribution in [0.5, 0.6) is 0 Å². The molecule has 0 spiro atoms. The Balaban J connectivity index is 1.96. The molecule has 0 bridgehead atoms. The minimum Gasteiger partial charge on any atom is -0.480 e. The summed E-state index contributed by atoms with van der Waals surface area (Å²) in [5.74, 6) is -1.37. The molecule has 0 fully saturated rings. The molecule has 23 heavy (non-hydrogen) atoms. The third-order valence-electron chi connectivity index (χ3n) is 4.11. The van der Waals surface area contributed by atoms with Crippen molar-refractivity contribution in [1.82, 2.24) is 15.1 Å². The largest absolute Gasteiger partial charge is 0.480 e. The highest BCUT2D eigenvalue weighted by atomic mass is 79.9. The number of fused-ring (bicyclic) bond motifs is 1. The number of benzene rings is 1. The maximum atomic E-state index is 12.7. The molecule has 1 aliphatic heterocycles. The standard InChI is InChI=1S/C16H16BrN3O3/c1-2-10-6-13(19-18-10)15(21)20-8-9-4-3-5-12(17)11(9)7-14(20)16(22)23/h3-6,14H,2,7-8H2,1H3,(H,18,19)(H,22,23). The fraction of sp³-hybridized carbons (Fsp3) is 0.312. The Morgan fingerprint density at radius 3 is 2.91 bits per heavy atom. The monoisotopic (exact) mass is 377 g/mol. The van der Waals surface area contributed by atoms with Crippen LogP contribution in [0.3, 0.4) is 0 Å². The smallest absolute Gasteiger partial charge is 0.326 e. The van der Waals surface area contributed by atoms with E-state index < -0.39 is 12.0 Å². The molecule has 1 atom stereocenters. The molecule has 2 heterocycles. The Labute approximate surface area is 141 Å². The van der Waals surface area contributed by atoms with Crippen LogP contribution in [0.2, 0.25) is 0 Å². The molecule has 120 valence electrons. The number of carbonyl (C=O) groups is 2. The highest BCUT2D eigenvalue weighted by Crippen LogP contribution is 2.30. The molecule has 2 N–H and O–H groups in total. The van der Waals surface area contributed by atoms with Crippen LogP contribution < -0.4 is 0 Å². The maximum Gasteiger partial charge on any atom is 0.326 e. The predicted octanol–water partition coefficient (Wildman–Crippen LogP) is 2.39. The molecule has 1 amide bonds. The Bertz CT molecular complexity index is 772. The zero-order chi connectivity index (χ0) is 16.6. The van der Waals surface area contributed by atoms with Crippen molar-refractivity contribution in [3.8, 4) is 0 Å². The third-order valence-corrected chi connectivity index (χ3v) is 4.85. The predicted molar refractivity (Wildman–Crippen MR) is 87.1 cm³/mol. The van der Waals surface area contributed by atoms with Crippen LogP contribution in [0.25, 0.3) is 0 Å². The van der Waals surface area contributed by atoms with Gasteiger partial charge in [-0.15, -0.1) is 0 Å². The molecule has 3 rings (SSSR count). The molecule has 1 aromatic heterocycles. The first-order valence-corrected chi connectivity index (χ1v) is 8.15. The lowest BCUT2D eigenvalue weighted by Gasteiger charge is -2.34. The van der Waals surface area contributed by atoms with Gasteiger partial charge in [-0.2, -0.15) is 5.10 Å². The summed E-state index contributed by atoms with van der Waals surface area (Å²) in [5.41, 5.74) is 3.00. The summed E-state index contributed by atoms with van der Waals surface area (Å²) in [7, 11) is 0. The number of hydrogen-bond donors (Lipinski definition) is 2. The molecule has 7 heteroatoms. The molecule has 0 aliphatic carbocycles. The van der Waals surface area contributed by atoms with E-state index in [9.17, 15) is 14.7 Å². The van der Waals surface area contributed by atoms with E-state index in [2.05, 4.69) is 26.1 Å². The van der Waals surface area contributed by atoms with Gasteiger partial charge in [0.25, 0.3) is 5.91 Å². The van der Waals surface area contributed by atoms with E-state index in [0.29, 0.717) is 0 Å². The number of H-pyrrole nitrogens is 1. The van der Waals surface area contributed by atoms with E-state index in [1.54, 1.807) is 6.07 Å². The van der Waals surface area contributed by atoms with Gasteiger partial charge in [0.15, 0.2) is 0 Å². The second kappa shape index (κ2) is 6.16. The van der Waals surface area contributed by atoms with Gasteiger partial charge in [-0.3, -0.25) is 9.89 Å². The first-order chi connectivity index (χ1) is 11.0. The van der Waals surface area contributed by atoms with Crippen molar-refractivity contribution in [2.75, 3.05) is 0 Å². The number of rotatable bonds is 3. The van der Waals surface area contributed by atoms with Crippen LogP contribution >= 0.6 is 15.9 Å². The highest BCUT2D eigenvalue weighted by molar-refractivity contribution is 9.10. The molecule has 1 aliphatic rings. The van der Waals surface area contributed by atoms with Gasteiger partial charge in [0.05, 0.1) is 0 Å². The van der Waals surface area contributed by atoms with Crippen molar-refractivity contribution < 1.29 is 14.7 Å². The number of amides is 1. The summed E-state index contributed by atoms with van der Waals surface area (Å²) in [6.45, 7) is 2.22. The van der Waals surface area contributed by atoms with Gasteiger partial charge in [-0.1, -0.05) is 35.0 Å². The number of carboxylic acid groups (broad SMARTS) is 1. The third kappa shape index (κ3) is 2.88. The van der Waals surface area contributed by atoms with Crippen LogP contribution in [0.4, 0.5) is 0 Å². The summed E-state index contributed by atoms with van der Waals surface area (Å²) >= 11 is 3.46. The molecular formula is C16H16BrN3O3. The van der Waals surface area contributed by atoms with E-state index in [1.165, 1.54) is 4.90 Å². The SMILES string of the molecule is CCc1cc(C(=O)N2Cc3cccc(Br)c3CC2C(=O)O)n[nH]1. The Hall–Kier alpha value is -2.15. The number of nitrogens with one attached hydrogen (secondary N) is 1. The molecule has 0 saturated carbocycles. The molecule has 0 radical (unpaired) electrons. The molecule has 2 aromatic rings. The van der Waals surface area contributed by atoms with Gasteiger partial charge < -0.3 is 10.0 Å². The maximum absolute atomic E-state index is 12.7. The van der Waals surface area contributed by atoms with Crippen molar-refractivity contribution in [2.45, 2.75) is 32.4 Å². The van der Waals surface area contributed by atoms with Gasteiger partial charge >= 0.3 is 5.97 Å². The summed E-state index contributed by atoms with van der Waals surface area (Å²) in [6.07, 6.45) is 1.02. The van der Waals surface area contributed by atoms with E-state index in [-0.39, 0.29) is 24.6 Å². The van der Waals surface area contributed by atoms with Crippen LogP contribution in [0.1, 0.15) is 34.2 Å². The Morgan fingerprint density at radius 2 is 2.26 bits per heavy atom. The summed E-state index contributed by atoms with van der Waals surface area (Å²) in [6, 6.07) is 6.47. The van der Waals surface area contributed by atoms with Crippen LogP contribution in [0.15, 0.2) is 28.7 Å². The number of halogens is 1. The minimum absolute atomic E-state index is 0.256. The van der Waals surface area contributed by atoms with Crippen molar-refractivity contribution in [3.05, 3.63) is 51.3 Å². The van der Waals surface area contributed by atoms with E-state index in [0.717, 1.165) is 27.7 Å². The Morgan fingerprint density at radius 1 is 1.48 bits per heavy atom. The van der Waals surface area contributed by atoms with Gasteiger partial charge in [0.2, 0.25) is 0 Å². The normalized spacial score (nSPS) is 17.0. The number of aromatic nitrogens is 2. The molecule has 6 nitrogen and oxygen atoms in total. The lowest BCUT2D eigenvalue weighted by molar-refractivity contribution is -0.142. The average molecular weight is 378 g/mol. The number of aryl methyl sites for hydroxylation is 1. The number of carbonyl (C=O) groups excluding carboxylic acids is 1. The zero-order valence-electron chi connectivity index (χ0n) is 12.5. The zero-order valence-corrected chi connectivity index (χ0v) is 14.1. The fourth-order valence-electron chi connectivity index (χ4n) is 2.81. The highest BCUT2D eigenvalue weighted by Gasteiger charge is 2.36. The molecular weight excluding hydrogens is 362 g/mol. The number of carboxylic acids is 1. The number of hydrogen-bond acceptors (Lipinski definition) is 3. The number of nitrogens with zero attached hydrogens (tertiary/aromatic N) is 2.